The van der Waals surface area contributed by atoms with Gasteiger partial charge < -0.3 is 15.4 Å². The van der Waals surface area contributed by atoms with Crippen molar-refractivity contribution in [1.82, 2.24) is 9.97 Å². The second-order valence-electron chi connectivity index (χ2n) is 4.52. The van der Waals surface area contributed by atoms with Gasteiger partial charge in [-0.1, -0.05) is 29.8 Å². The maximum absolute atomic E-state index is 4.99. The molecule has 2 N–H and O–H groups in total. The van der Waals surface area contributed by atoms with E-state index in [2.05, 4.69) is 51.8 Å². The first-order valence-corrected chi connectivity index (χ1v) is 6.63. The number of hydrogen-bond acceptors (Lipinski definition) is 5. The monoisotopic (exact) mass is 272 g/mol. The summed E-state index contributed by atoms with van der Waals surface area (Å²) < 4.78 is 4.99. The van der Waals surface area contributed by atoms with E-state index in [0.717, 1.165) is 12.4 Å². The third kappa shape index (κ3) is 4.51. The SMILES string of the molecule is COCCNc1ccnc(NCc2ccc(C)cc2)n1. The van der Waals surface area contributed by atoms with Crippen molar-refractivity contribution >= 4 is 11.8 Å². The molecule has 5 heteroatoms. The highest BCUT2D eigenvalue weighted by atomic mass is 16.5. The summed E-state index contributed by atoms with van der Waals surface area (Å²) in [4.78, 5) is 8.60. The van der Waals surface area contributed by atoms with Crippen LogP contribution in [0, 0.1) is 6.92 Å². The number of anilines is 2. The van der Waals surface area contributed by atoms with Gasteiger partial charge in [-0.3, -0.25) is 0 Å². The smallest absolute Gasteiger partial charge is 0.224 e. The summed E-state index contributed by atoms with van der Waals surface area (Å²) in [5.41, 5.74) is 2.46. The van der Waals surface area contributed by atoms with Crippen LogP contribution in [0.3, 0.4) is 0 Å². The molecule has 0 saturated carbocycles. The van der Waals surface area contributed by atoms with E-state index < -0.39 is 0 Å². The van der Waals surface area contributed by atoms with Gasteiger partial charge in [0.05, 0.1) is 6.61 Å². The number of aromatic nitrogens is 2. The van der Waals surface area contributed by atoms with Crippen molar-refractivity contribution in [1.29, 1.82) is 0 Å². The Morgan fingerprint density at radius 1 is 1.10 bits per heavy atom. The van der Waals surface area contributed by atoms with Crippen molar-refractivity contribution in [3.05, 3.63) is 47.7 Å². The summed E-state index contributed by atoms with van der Waals surface area (Å²) in [5, 5.41) is 6.39. The van der Waals surface area contributed by atoms with Crippen molar-refractivity contribution in [3.63, 3.8) is 0 Å². The molecule has 1 heterocycles. The second kappa shape index (κ2) is 7.45. The molecule has 0 amide bonds. The number of nitrogens with zero attached hydrogens (tertiary/aromatic N) is 2. The van der Waals surface area contributed by atoms with Crippen LogP contribution in [0.4, 0.5) is 11.8 Å². The number of benzene rings is 1. The van der Waals surface area contributed by atoms with E-state index in [-0.39, 0.29) is 0 Å². The van der Waals surface area contributed by atoms with Gasteiger partial charge in [-0.2, -0.15) is 4.98 Å². The fraction of sp³-hybridized carbons (Fsp3) is 0.333. The van der Waals surface area contributed by atoms with E-state index in [1.807, 2.05) is 6.07 Å². The average molecular weight is 272 g/mol. The molecule has 0 fully saturated rings. The van der Waals surface area contributed by atoms with Crippen molar-refractivity contribution in [2.24, 2.45) is 0 Å². The molecule has 2 rings (SSSR count). The van der Waals surface area contributed by atoms with Crippen LogP contribution in [0.25, 0.3) is 0 Å². The fourth-order valence-electron chi connectivity index (χ4n) is 1.71. The van der Waals surface area contributed by atoms with E-state index in [1.165, 1.54) is 11.1 Å². The molecule has 0 saturated heterocycles. The van der Waals surface area contributed by atoms with E-state index in [0.29, 0.717) is 19.1 Å². The maximum atomic E-state index is 4.99. The van der Waals surface area contributed by atoms with Gasteiger partial charge in [-0.25, -0.2) is 4.98 Å². The predicted octanol–water partition coefficient (Wildman–Crippen LogP) is 2.46. The van der Waals surface area contributed by atoms with Crippen molar-refractivity contribution < 1.29 is 4.74 Å². The van der Waals surface area contributed by atoms with Crippen molar-refractivity contribution in [2.75, 3.05) is 30.9 Å². The maximum Gasteiger partial charge on any atom is 0.224 e. The zero-order valence-electron chi connectivity index (χ0n) is 11.9. The molecule has 0 aliphatic heterocycles. The van der Waals surface area contributed by atoms with Crippen LogP contribution in [0.5, 0.6) is 0 Å². The molecule has 20 heavy (non-hydrogen) atoms. The third-order valence-corrected chi connectivity index (χ3v) is 2.84. The summed E-state index contributed by atoms with van der Waals surface area (Å²) >= 11 is 0. The molecule has 1 aromatic carbocycles. The van der Waals surface area contributed by atoms with Crippen LogP contribution >= 0.6 is 0 Å². The van der Waals surface area contributed by atoms with Crippen LogP contribution in [-0.2, 0) is 11.3 Å². The van der Waals surface area contributed by atoms with E-state index >= 15 is 0 Å². The number of aryl methyl sites for hydroxylation is 1. The lowest BCUT2D eigenvalue weighted by Crippen LogP contribution is -2.10. The molecule has 0 spiro atoms. The zero-order valence-corrected chi connectivity index (χ0v) is 11.9. The molecule has 0 atom stereocenters. The number of methoxy groups -OCH3 is 1. The lowest BCUT2D eigenvalue weighted by atomic mass is 10.1. The second-order valence-corrected chi connectivity index (χ2v) is 4.52. The minimum Gasteiger partial charge on any atom is -0.383 e. The quantitative estimate of drug-likeness (QED) is 0.758. The highest BCUT2D eigenvalue weighted by Crippen LogP contribution is 2.08. The zero-order chi connectivity index (χ0) is 14.2. The minimum absolute atomic E-state index is 0.619. The van der Waals surface area contributed by atoms with Gasteiger partial charge in [0, 0.05) is 26.4 Å². The first kappa shape index (κ1) is 14.3. The topological polar surface area (TPSA) is 59.1 Å². The molecule has 0 bridgehead atoms. The van der Waals surface area contributed by atoms with Crippen molar-refractivity contribution in [2.45, 2.75) is 13.5 Å². The Balaban J connectivity index is 1.89. The van der Waals surface area contributed by atoms with Gasteiger partial charge >= 0.3 is 0 Å². The Kier molecular flexibility index (Phi) is 5.32. The lowest BCUT2D eigenvalue weighted by Gasteiger charge is -2.08. The largest absolute Gasteiger partial charge is 0.383 e. The highest BCUT2D eigenvalue weighted by molar-refractivity contribution is 5.40. The van der Waals surface area contributed by atoms with Gasteiger partial charge in [0.15, 0.2) is 0 Å². The van der Waals surface area contributed by atoms with E-state index in [4.69, 9.17) is 4.74 Å². The molecule has 0 aliphatic carbocycles. The molecule has 106 valence electrons. The fourth-order valence-corrected chi connectivity index (χ4v) is 1.71. The average Bonchev–Trinajstić information content (AvgIpc) is 2.47. The molecule has 1 aromatic heterocycles. The van der Waals surface area contributed by atoms with Gasteiger partial charge in [0.25, 0.3) is 0 Å². The number of hydrogen-bond donors (Lipinski definition) is 2. The Labute approximate surface area is 119 Å². The van der Waals surface area contributed by atoms with Crippen LogP contribution in [-0.4, -0.2) is 30.2 Å². The first-order valence-electron chi connectivity index (χ1n) is 6.63. The normalized spacial score (nSPS) is 10.3. The molecular formula is C15H20N4O. The van der Waals surface area contributed by atoms with Crippen LogP contribution in [0.15, 0.2) is 36.5 Å². The standard InChI is InChI=1S/C15H20N4O/c1-12-3-5-13(6-4-12)11-18-15-17-8-7-14(19-15)16-9-10-20-2/h3-8H,9-11H2,1-2H3,(H2,16,17,18,19). The molecule has 0 radical (unpaired) electrons. The summed E-state index contributed by atoms with van der Waals surface area (Å²) in [6, 6.07) is 10.2. The molecule has 0 aliphatic rings. The third-order valence-electron chi connectivity index (χ3n) is 2.84. The Morgan fingerprint density at radius 3 is 2.65 bits per heavy atom. The van der Waals surface area contributed by atoms with Crippen LogP contribution < -0.4 is 10.6 Å². The van der Waals surface area contributed by atoms with Crippen LogP contribution in [0.1, 0.15) is 11.1 Å². The summed E-state index contributed by atoms with van der Waals surface area (Å²) in [6.45, 7) is 4.17. The minimum atomic E-state index is 0.619. The predicted molar refractivity (Wildman–Crippen MR) is 80.9 cm³/mol. The number of rotatable bonds is 7. The van der Waals surface area contributed by atoms with E-state index in [1.54, 1.807) is 13.3 Å². The Bertz CT molecular complexity index is 528. The highest BCUT2D eigenvalue weighted by Gasteiger charge is 1.99. The van der Waals surface area contributed by atoms with Gasteiger partial charge in [0.1, 0.15) is 5.82 Å². The molecular weight excluding hydrogens is 252 g/mol. The Hall–Kier alpha value is -2.14. The molecule has 0 unspecified atom stereocenters. The summed E-state index contributed by atoms with van der Waals surface area (Å²) in [6.07, 6.45) is 1.74. The summed E-state index contributed by atoms with van der Waals surface area (Å²) in [7, 11) is 1.68. The summed E-state index contributed by atoms with van der Waals surface area (Å²) in [5.74, 6) is 1.41. The van der Waals surface area contributed by atoms with Gasteiger partial charge in [0.2, 0.25) is 5.95 Å². The number of nitrogens with one attached hydrogen (secondary N) is 2. The first-order chi connectivity index (χ1) is 9.78. The Morgan fingerprint density at radius 2 is 1.90 bits per heavy atom. The molecule has 2 aromatic rings. The van der Waals surface area contributed by atoms with E-state index in [9.17, 15) is 0 Å². The van der Waals surface area contributed by atoms with Crippen molar-refractivity contribution in [3.8, 4) is 0 Å². The van der Waals surface area contributed by atoms with Crippen LogP contribution in [0.2, 0.25) is 0 Å². The van der Waals surface area contributed by atoms with Gasteiger partial charge in [-0.05, 0) is 18.6 Å². The molecule has 5 nitrogen and oxygen atoms in total. The van der Waals surface area contributed by atoms with Gasteiger partial charge in [-0.15, -0.1) is 0 Å². The number of ether oxygens (including phenoxy) is 1. The lowest BCUT2D eigenvalue weighted by molar-refractivity contribution is 0.210.